The maximum atomic E-state index is 3.67. The van der Waals surface area contributed by atoms with E-state index in [1.807, 2.05) is 0 Å². The third kappa shape index (κ3) is 5.86. The molecule has 0 saturated heterocycles. The smallest absolute Gasteiger partial charge is 0.00387 e. The van der Waals surface area contributed by atoms with Crippen LogP contribution in [0, 0.1) is 11.3 Å². The van der Waals surface area contributed by atoms with Gasteiger partial charge >= 0.3 is 0 Å². The van der Waals surface area contributed by atoms with Crippen LogP contribution in [-0.2, 0) is 0 Å². The van der Waals surface area contributed by atoms with Gasteiger partial charge < -0.3 is 10.2 Å². The molecule has 0 aromatic carbocycles. The van der Waals surface area contributed by atoms with Crippen molar-refractivity contribution in [2.45, 2.75) is 46.0 Å². The highest BCUT2D eigenvalue weighted by atomic mass is 15.1. The number of rotatable bonds is 6. The molecule has 2 heteroatoms. The fourth-order valence-electron chi connectivity index (χ4n) is 2.92. The van der Waals surface area contributed by atoms with Gasteiger partial charge in [-0.2, -0.15) is 0 Å². The summed E-state index contributed by atoms with van der Waals surface area (Å²) in [5.41, 5.74) is 0.387. The molecule has 0 unspecified atom stereocenters. The van der Waals surface area contributed by atoms with E-state index < -0.39 is 0 Å². The molecule has 1 N–H and O–H groups in total. The maximum absolute atomic E-state index is 3.67. The van der Waals surface area contributed by atoms with Gasteiger partial charge in [-0.1, -0.05) is 33.1 Å². The Morgan fingerprint density at radius 1 is 1.12 bits per heavy atom. The molecule has 0 bridgehead atoms. The summed E-state index contributed by atoms with van der Waals surface area (Å²) >= 11 is 0. The van der Waals surface area contributed by atoms with Gasteiger partial charge in [-0.3, -0.25) is 0 Å². The van der Waals surface area contributed by atoms with Gasteiger partial charge in [0, 0.05) is 13.1 Å². The first kappa shape index (κ1) is 14.0. The van der Waals surface area contributed by atoms with E-state index in [9.17, 15) is 0 Å². The molecular weight excluding hydrogens is 196 g/mol. The van der Waals surface area contributed by atoms with Crippen molar-refractivity contribution in [3.8, 4) is 0 Å². The Bertz CT molecular complexity index is 181. The quantitative estimate of drug-likeness (QED) is 0.749. The Morgan fingerprint density at radius 2 is 1.75 bits per heavy atom. The Morgan fingerprint density at radius 3 is 2.31 bits per heavy atom. The van der Waals surface area contributed by atoms with Crippen molar-refractivity contribution in [2.24, 2.45) is 11.3 Å². The minimum atomic E-state index is 0.387. The highest BCUT2D eigenvalue weighted by Crippen LogP contribution is 2.23. The molecular formula is C14H30N2. The third-order valence-corrected chi connectivity index (χ3v) is 3.51. The van der Waals surface area contributed by atoms with E-state index in [1.165, 1.54) is 38.6 Å². The van der Waals surface area contributed by atoms with Gasteiger partial charge in [0.05, 0.1) is 0 Å². The van der Waals surface area contributed by atoms with Gasteiger partial charge in [0.2, 0.25) is 0 Å². The monoisotopic (exact) mass is 226 g/mol. The molecule has 1 rings (SSSR count). The number of hydrogen-bond donors (Lipinski definition) is 1. The van der Waals surface area contributed by atoms with Crippen molar-refractivity contribution < 1.29 is 0 Å². The van der Waals surface area contributed by atoms with Crippen molar-refractivity contribution in [3.63, 3.8) is 0 Å². The average Bonchev–Trinajstić information content (AvgIpc) is 2.16. The lowest BCUT2D eigenvalue weighted by Crippen LogP contribution is -2.39. The zero-order valence-corrected chi connectivity index (χ0v) is 11.7. The van der Waals surface area contributed by atoms with Crippen LogP contribution in [0.3, 0.4) is 0 Å². The lowest BCUT2D eigenvalue weighted by atomic mass is 9.88. The zero-order chi connectivity index (χ0) is 12.0. The summed E-state index contributed by atoms with van der Waals surface area (Å²) in [6.07, 6.45) is 7.26. The molecule has 16 heavy (non-hydrogen) atoms. The van der Waals surface area contributed by atoms with E-state index in [0.717, 1.165) is 19.0 Å². The molecule has 0 aromatic heterocycles. The highest BCUT2D eigenvalue weighted by molar-refractivity contribution is 4.76. The van der Waals surface area contributed by atoms with Gasteiger partial charge in [0.1, 0.15) is 0 Å². The maximum Gasteiger partial charge on any atom is 0.00387 e. The van der Waals surface area contributed by atoms with Crippen molar-refractivity contribution in [1.82, 2.24) is 10.2 Å². The van der Waals surface area contributed by atoms with Crippen LogP contribution >= 0.6 is 0 Å². The van der Waals surface area contributed by atoms with Crippen molar-refractivity contribution >= 4 is 0 Å². The van der Waals surface area contributed by atoms with E-state index in [1.54, 1.807) is 0 Å². The van der Waals surface area contributed by atoms with Crippen LogP contribution < -0.4 is 5.32 Å². The predicted octanol–water partition coefficient (Wildman–Crippen LogP) is 2.74. The molecule has 0 aromatic rings. The topological polar surface area (TPSA) is 15.3 Å². The van der Waals surface area contributed by atoms with E-state index in [4.69, 9.17) is 0 Å². The molecule has 1 fully saturated rings. The standard InChI is InChI=1S/C14H30N2/c1-14(2,12-16(3)4)11-15-10-13-8-6-5-7-9-13/h13,15H,5-12H2,1-4H3. The summed E-state index contributed by atoms with van der Waals surface area (Å²) in [6.45, 7) is 8.23. The van der Waals surface area contributed by atoms with Gasteiger partial charge in [0.15, 0.2) is 0 Å². The summed E-state index contributed by atoms with van der Waals surface area (Å²) in [6, 6.07) is 0. The van der Waals surface area contributed by atoms with Crippen LogP contribution in [0.5, 0.6) is 0 Å². The molecule has 0 atom stereocenters. The molecule has 1 saturated carbocycles. The van der Waals surface area contributed by atoms with E-state index >= 15 is 0 Å². The fraction of sp³-hybridized carbons (Fsp3) is 1.00. The molecule has 2 nitrogen and oxygen atoms in total. The number of nitrogens with one attached hydrogen (secondary N) is 1. The average molecular weight is 226 g/mol. The minimum Gasteiger partial charge on any atom is -0.316 e. The van der Waals surface area contributed by atoms with Gasteiger partial charge in [-0.15, -0.1) is 0 Å². The van der Waals surface area contributed by atoms with Gasteiger partial charge in [0.25, 0.3) is 0 Å². The molecule has 0 radical (unpaired) electrons. The molecule has 0 heterocycles. The second-order valence-electron chi connectivity index (χ2n) is 6.54. The van der Waals surface area contributed by atoms with Crippen LogP contribution in [0.2, 0.25) is 0 Å². The molecule has 0 spiro atoms. The lowest BCUT2D eigenvalue weighted by Gasteiger charge is -2.30. The first-order chi connectivity index (χ1) is 7.49. The molecule has 1 aliphatic rings. The van der Waals surface area contributed by atoms with Crippen LogP contribution in [0.1, 0.15) is 46.0 Å². The van der Waals surface area contributed by atoms with Crippen LogP contribution in [0.25, 0.3) is 0 Å². The lowest BCUT2D eigenvalue weighted by molar-refractivity contribution is 0.224. The third-order valence-electron chi connectivity index (χ3n) is 3.51. The molecule has 0 amide bonds. The summed E-state index contributed by atoms with van der Waals surface area (Å²) in [4.78, 5) is 2.28. The summed E-state index contributed by atoms with van der Waals surface area (Å²) in [5.74, 6) is 0.948. The molecule has 96 valence electrons. The summed E-state index contributed by atoms with van der Waals surface area (Å²) in [7, 11) is 4.31. The second kappa shape index (κ2) is 6.61. The first-order valence-corrected chi connectivity index (χ1v) is 6.85. The van der Waals surface area contributed by atoms with Gasteiger partial charge in [-0.25, -0.2) is 0 Å². The number of nitrogens with zero attached hydrogens (tertiary/aromatic N) is 1. The minimum absolute atomic E-state index is 0.387. The van der Waals surface area contributed by atoms with Crippen LogP contribution in [0.4, 0.5) is 0 Å². The van der Waals surface area contributed by atoms with E-state index in [0.29, 0.717) is 5.41 Å². The fourth-order valence-corrected chi connectivity index (χ4v) is 2.92. The van der Waals surface area contributed by atoms with Crippen molar-refractivity contribution in [3.05, 3.63) is 0 Å². The Kier molecular flexibility index (Phi) is 5.77. The zero-order valence-electron chi connectivity index (χ0n) is 11.7. The SMILES string of the molecule is CN(C)CC(C)(C)CNCC1CCCCC1. The van der Waals surface area contributed by atoms with E-state index in [-0.39, 0.29) is 0 Å². The summed E-state index contributed by atoms with van der Waals surface area (Å²) in [5, 5.41) is 3.67. The number of hydrogen-bond acceptors (Lipinski definition) is 2. The Balaban J connectivity index is 2.13. The van der Waals surface area contributed by atoms with Gasteiger partial charge in [-0.05, 0) is 44.8 Å². The molecule has 0 aliphatic heterocycles. The largest absolute Gasteiger partial charge is 0.316 e. The predicted molar refractivity (Wildman–Crippen MR) is 71.8 cm³/mol. The second-order valence-corrected chi connectivity index (χ2v) is 6.54. The van der Waals surface area contributed by atoms with Crippen molar-refractivity contribution in [2.75, 3.05) is 33.7 Å². The van der Waals surface area contributed by atoms with Crippen LogP contribution in [-0.4, -0.2) is 38.6 Å². The highest BCUT2D eigenvalue weighted by Gasteiger charge is 2.19. The Hall–Kier alpha value is -0.0800. The van der Waals surface area contributed by atoms with Crippen LogP contribution in [0.15, 0.2) is 0 Å². The first-order valence-electron chi connectivity index (χ1n) is 6.85. The summed E-state index contributed by atoms with van der Waals surface area (Å²) < 4.78 is 0. The van der Waals surface area contributed by atoms with E-state index in [2.05, 4.69) is 38.2 Å². The normalized spacial score (nSPS) is 19.3. The van der Waals surface area contributed by atoms with Crippen molar-refractivity contribution in [1.29, 1.82) is 0 Å². The Labute approximate surface area is 102 Å². The molecule has 1 aliphatic carbocycles.